The summed E-state index contributed by atoms with van der Waals surface area (Å²) in [5, 5.41) is 0. The van der Waals surface area contributed by atoms with Gasteiger partial charge in [-0.1, -0.05) is 34.7 Å². The average molecular weight is 326 g/mol. The van der Waals surface area contributed by atoms with Crippen molar-refractivity contribution in [2.24, 2.45) is 0 Å². The van der Waals surface area contributed by atoms with Gasteiger partial charge < -0.3 is 0 Å². The molecule has 2 heterocycles. The number of alkyl halides is 1. The molecule has 2 aromatic rings. The fourth-order valence-electron chi connectivity index (χ4n) is 0.909. The molecule has 0 aliphatic carbocycles. The summed E-state index contributed by atoms with van der Waals surface area (Å²) in [5.41, 5.74) is 0.553. The summed E-state index contributed by atoms with van der Waals surface area (Å²) in [7, 11) is 0. The number of ketones is 1. The van der Waals surface area contributed by atoms with Crippen molar-refractivity contribution in [3.05, 3.63) is 60.7 Å². The molecule has 0 aliphatic rings. The molecule has 3 nitrogen and oxygen atoms in total. The van der Waals surface area contributed by atoms with Gasteiger partial charge in [-0.2, -0.15) is 0 Å². The topological polar surface area (TPSA) is 42.9 Å². The molecule has 0 aliphatic heterocycles. The number of rotatable bonds is 2. The first-order valence-corrected chi connectivity index (χ1v) is 6.22. The van der Waals surface area contributed by atoms with Crippen LogP contribution in [-0.2, 0) is 0 Å². The van der Waals surface area contributed by atoms with Gasteiger partial charge in [0.15, 0.2) is 5.78 Å². The van der Waals surface area contributed by atoms with E-state index in [0.717, 1.165) is 0 Å². The van der Waals surface area contributed by atoms with Crippen molar-refractivity contribution in [1.29, 1.82) is 0 Å². The van der Waals surface area contributed by atoms with Crippen molar-refractivity contribution in [2.45, 2.75) is 0 Å². The van der Waals surface area contributed by atoms with E-state index in [1.54, 1.807) is 30.7 Å². The van der Waals surface area contributed by atoms with Crippen LogP contribution < -0.4 is 0 Å². The standard InChI is InChI=1S/C7H6INO.C5H5N/c8-5-7(10)6-3-1-2-4-9-6;1-2-4-6-5-3-1/h1-4H,5H2;1-5H. The zero-order chi connectivity index (χ0) is 11.6. The summed E-state index contributed by atoms with van der Waals surface area (Å²) in [6.45, 7) is 0. The molecular formula is C12H11IN2O. The van der Waals surface area contributed by atoms with Crippen LogP contribution in [0.5, 0.6) is 0 Å². The fraction of sp³-hybridized carbons (Fsp3) is 0.0833. The smallest absolute Gasteiger partial charge is 0.190 e. The lowest BCUT2D eigenvalue weighted by Gasteiger charge is -1.91. The lowest BCUT2D eigenvalue weighted by atomic mass is 10.3. The van der Waals surface area contributed by atoms with E-state index in [-0.39, 0.29) is 5.78 Å². The Labute approximate surface area is 108 Å². The highest BCUT2D eigenvalue weighted by molar-refractivity contribution is 14.1. The number of carbonyl (C=O) groups excluding carboxylic acids is 1. The van der Waals surface area contributed by atoms with Gasteiger partial charge in [0, 0.05) is 18.6 Å². The van der Waals surface area contributed by atoms with E-state index in [1.807, 2.05) is 46.9 Å². The first-order chi connectivity index (χ1) is 7.84. The normalized spacial score (nSPS) is 8.81. The van der Waals surface area contributed by atoms with E-state index in [4.69, 9.17) is 0 Å². The molecule has 0 spiro atoms. The van der Waals surface area contributed by atoms with Crippen LogP contribution in [0.15, 0.2) is 55.0 Å². The minimum atomic E-state index is 0.0844. The molecule has 0 unspecified atom stereocenters. The Morgan fingerprint density at radius 2 is 1.75 bits per heavy atom. The van der Waals surface area contributed by atoms with Gasteiger partial charge in [-0.3, -0.25) is 14.8 Å². The summed E-state index contributed by atoms with van der Waals surface area (Å²) in [4.78, 5) is 18.6. The van der Waals surface area contributed by atoms with Crippen LogP contribution in [0.25, 0.3) is 0 Å². The van der Waals surface area contributed by atoms with Crippen LogP contribution in [0.1, 0.15) is 10.5 Å². The minimum absolute atomic E-state index is 0.0844. The van der Waals surface area contributed by atoms with Gasteiger partial charge >= 0.3 is 0 Å². The largest absolute Gasteiger partial charge is 0.292 e. The van der Waals surface area contributed by atoms with Crippen molar-refractivity contribution in [3.8, 4) is 0 Å². The summed E-state index contributed by atoms with van der Waals surface area (Å²) in [5.74, 6) is 0.0844. The van der Waals surface area contributed by atoms with Crippen LogP contribution in [-0.4, -0.2) is 20.2 Å². The number of Topliss-reactive ketones (excluding diaryl/α,β-unsaturated/α-hetero) is 1. The van der Waals surface area contributed by atoms with Gasteiger partial charge in [-0.25, -0.2) is 0 Å². The Hall–Kier alpha value is -1.30. The fourth-order valence-corrected chi connectivity index (χ4v) is 1.30. The average Bonchev–Trinajstić information content (AvgIpc) is 2.41. The van der Waals surface area contributed by atoms with Crippen LogP contribution >= 0.6 is 22.6 Å². The SMILES string of the molecule is O=C(CI)c1ccccn1.c1ccncc1. The maximum Gasteiger partial charge on any atom is 0.190 e. The van der Waals surface area contributed by atoms with E-state index in [9.17, 15) is 4.79 Å². The molecule has 16 heavy (non-hydrogen) atoms. The summed E-state index contributed by atoms with van der Waals surface area (Å²) >= 11 is 2.03. The second-order valence-electron chi connectivity index (χ2n) is 2.80. The number of hydrogen-bond donors (Lipinski definition) is 0. The highest BCUT2D eigenvalue weighted by Crippen LogP contribution is 1.97. The van der Waals surface area contributed by atoms with Crippen LogP contribution in [0.2, 0.25) is 0 Å². The van der Waals surface area contributed by atoms with Gasteiger partial charge in [-0.05, 0) is 24.3 Å². The summed E-state index contributed by atoms with van der Waals surface area (Å²) in [6, 6.07) is 11.0. The third-order valence-corrected chi connectivity index (χ3v) is 2.33. The van der Waals surface area contributed by atoms with Gasteiger partial charge in [0.2, 0.25) is 0 Å². The van der Waals surface area contributed by atoms with Crippen LogP contribution in [0.3, 0.4) is 0 Å². The Bertz CT molecular complexity index is 379. The third-order valence-electron chi connectivity index (χ3n) is 1.64. The number of hydrogen-bond acceptors (Lipinski definition) is 3. The lowest BCUT2D eigenvalue weighted by Crippen LogP contribution is -2.01. The molecule has 0 radical (unpaired) electrons. The first-order valence-electron chi connectivity index (χ1n) is 4.70. The van der Waals surface area contributed by atoms with Crippen molar-refractivity contribution < 1.29 is 4.79 Å². The number of nitrogens with zero attached hydrogens (tertiary/aromatic N) is 2. The Morgan fingerprint density at radius 3 is 2.12 bits per heavy atom. The molecule has 0 saturated carbocycles. The minimum Gasteiger partial charge on any atom is -0.292 e. The first kappa shape index (κ1) is 12.8. The van der Waals surface area contributed by atoms with Gasteiger partial charge in [0.25, 0.3) is 0 Å². The molecule has 0 amide bonds. The Balaban J connectivity index is 0.000000181. The predicted octanol–water partition coefficient (Wildman–Crippen LogP) is 2.78. The molecular weight excluding hydrogens is 315 g/mol. The Kier molecular flexibility index (Phi) is 6.32. The van der Waals surface area contributed by atoms with E-state index >= 15 is 0 Å². The van der Waals surface area contributed by atoms with Crippen molar-refractivity contribution in [3.63, 3.8) is 0 Å². The molecule has 0 fully saturated rings. The van der Waals surface area contributed by atoms with Gasteiger partial charge in [0.1, 0.15) is 5.69 Å². The van der Waals surface area contributed by atoms with Gasteiger partial charge in [-0.15, -0.1) is 0 Å². The number of halogens is 1. The maximum absolute atomic E-state index is 10.9. The van der Waals surface area contributed by atoms with Crippen molar-refractivity contribution >= 4 is 28.4 Å². The Morgan fingerprint density at radius 1 is 1.06 bits per heavy atom. The quantitative estimate of drug-likeness (QED) is 0.484. The predicted molar refractivity (Wildman–Crippen MR) is 71.7 cm³/mol. The zero-order valence-electron chi connectivity index (χ0n) is 8.58. The molecule has 2 aromatic heterocycles. The van der Waals surface area contributed by atoms with E-state index in [0.29, 0.717) is 10.1 Å². The number of pyridine rings is 2. The molecule has 0 bridgehead atoms. The summed E-state index contributed by atoms with van der Waals surface area (Å²) < 4.78 is 0.495. The highest BCUT2D eigenvalue weighted by Gasteiger charge is 2.01. The van der Waals surface area contributed by atoms with E-state index in [1.165, 1.54) is 0 Å². The molecule has 0 N–H and O–H groups in total. The monoisotopic (exact) mass is 326 g/mol. The van der Waals surface area contributed by atoms with Crippen LogP contribution in [0.4, 0.5) is 0 Å². The van der Waals surface area contributed by atoms with Crippen molar-refractivity contribution in [2.75, 3.05) is 4.43 Å². The molecule has 0 saturated heterocycles. The maximum atomic E-state index is 10.9. The molecule has 4 heteroatoms. The lowest BCUT2D eigenvalue weighted by molar-refractivity contribution is 0.102. The van der Waals surface area contributed by atoms with Crippen molar-refractivity contribution in [1.82, 2.24) is 9.97 Å². The second-order valence-corrected chi connectivity index (χ2v) is 3.56. The number of aromatic nitrogens is 2. The molecule has 0 atom stereocenters. The van der Waals surface area contributed by atoms with E-state index in [2.05, 4.69) is 9.97 Å². The number of carbonyl (C=O) groups is 1. The molecule has 2 rings (SSSR count). The zero-order valence-corrected chi connectivity index (χ0v) is 10.7. The molecule has 82 valence electrons. The van der Waals surface area contributed by atoms with E-state index < -0.39 is 0 Å². The molecule has 0 aromatic carbocycles. The highest BCUT2D eigenvalue weighted by atomic mass is 127. The van der Waals surface area contributed by atoms with Gasteiger partial charge in [0.05, 0.1) is 4.43 Å². The second kappa shape index (κ2) is 7.92. The van der Waals surface area contributed by atoms with Crippen LogP contribution in [0, 0.1) is 0 Å². The summed E-state index contributed by atoms with van der Waals surface area (Å²) in [6.07, 6.45) is 5.12. The third kappa shape index (κ3) is 4.97.